The number of carbonyl (C=O) groups is 4. The van der Waals surface area contributed by atoms with E-state index >= 15 is 0 Å². The van der Waals surface area contributed by atoms with Crippen LogP contribution in [-0.4, -0.2) is 41.3 Å². The number of carbonyl (C=O) groups excluding carboxylic acids is 3. The summed E-state index contributed by atoms with van der Waals surface area (Å²) >= 11 is 0. The molecule has 6 N–H and O–H groups in total. The van der Waals surface area contributed by atoms with E-state index < -0.39 is 41.9 Å². The molecular formula is C11H19N3O5. The van der Waals surface area contributed by atoms with Crippen LogP contribution in [0.2, 0.25) is 0 Å². The van der Waals surface area contributed by atoms with Crippen LogP contribution in [0.4, 0.5) is 0 Å². The number of amides is 2. The number of carboxylic acids is 1. The van der Waals surface area contributed by atoms with Crippen molar-refractivity contribution >= 4 is 23.6 Å². The summed E-state index contributed by atoms with van der Waals surface area (Å²) in [5, 5.41) is 11.0. The molecule has 2 amide bonds. The first-order valence-corrected chi connectivity index (χ1v) is 5.75. The van der Waals surface area contributed by atoms with Crippen molar-refractivity contribution in [2.75, 3.05) is 6.54 Å². The van der Waals surface area contributed by atoms with Gasteiger partial charge in [0.25, 0.3) is 0 Å². The molecule has 0 aliphatic carbocycles. The molecule has 19 heavy (non-hydrogen) atoms. The predicted octanol–water partition coefficient (Wildman–Crippen LogP) is -1.77. The summed E-state index contributed by atoms with van der Waals surface area (Å²) in [4.78, 5) is 45.0. The molecule has 0 heterocycles. The Morgan fingerprint density at radius 2 is 1.74 bits per heavy atom. The highest BCUT2D eigenvalue weighted by molar-refractivity contribution is 6.03. The van der Waals surface area contributed by atoms with Crippen molar-refractivity contribution < 1.29 is 24.3 Å². The van der Waals surface area contributed by atoms with E-state index in [-0.39, 0.29) is 12.5 Å². The zero-order valence-electron chi connectivity index (χ0n) is 10.9. The van der Waals surface area contributed by atoms with Crippen LogP contribution in [0.5, 0.6) is 0 Å². The minimum absolute atomic E-state index is 0.316. The molecule has 0 bridgehead atoms. The summed E-state index contributed by atoms with van der Waals surface area (Å²) in [6, 6.07) is -1.45. The largest absolute Gasteiger partial charge is 0.480 e. The van der Waals surface area contributed by atoms with Crippen molar-refractivity contribution in [2.24, 2.45) is 23.3 Å². The molecule has 0 aliphatic heterocycles. The average molecular weight is 273 g/mol. The van der Waals surface area contributed by atoms with Gasteiger partial charge >= 0.3 is 5.97 Å². The molecule has 0 radical (unpaired) electrons. The lowest BCUT2D eigenvalue weighted by Crippen LogP contribution is -2.49. The fourth-order valence-corrected chi connectivity index (χ4v) is 1.61. The van der Waals surface area contributed by atoms with Gasteiger partial charge in [0.15, 0.2) is 5.78 Å². The third kappa shape index (κ3) is 5.47. The molecule has 1 unspecified atom stereocenters. The third-order valence-corrected chi connectivity index (χ3v) is 2.52. The molecule has 8 nitrogen and oxygen atoms in total. The quantitative estimate of drug-likeness (QED) is 0.384. The van der Waals surface area contributed by atoms with Crippen LogP contribution >= 0.6 is 0 Å². The van der Waals surface area contributed by atoms with E-state index in [2.05, 4.69) is 5.32 Å². The van der Waals surface area contributed by atoms with Crippen molar-refractivity contribution in [2.45, 2.75) is 26.3 Å². The number of ketones is 1. The van der Waals surface area contributed by atoms with E-state index in [0.29, 0.717) is 0 Å². The van der Waals surface area contributed by atoms with Gasteiger partial charge < -0.3 is 21.9 Å². The van der Waals surface area contributed by atoms with Crippen LogP contribution in [0.15, 0.2) is 0 Å². The first kappa shape index (κ1) is 17.0. The lowest BCUT2D eigenvalue weighted by Gasteiger charge is -2.21. The molecule has 0 aromatic rings. The summed E-state index contributed by atoms with van der Waals surface area (Å²) in [6.45, 7) is 2.97. The molecule has 0 aromatic carbocycles. The van der Waals surface area contributed by atoms with Gasteiger partial charge in [-0.1, -0.05) is 13.8 Å². The van der Waals surface area contributed by atoms with E-state index in [9.17, 15) is 19.2 Å². The number of primary amides is 1. The summed E-state index contributed by atoms with van der Waals surface area (Å²) in [5.74, 6) is -4.89. The van der Waals surface area contributed by atoms with Gasteiger partial charge in [0.2, 0.25) is 11.8 Å². The monoisotopic (exact) mass is 273 g/mol. The molecule has 108 valence electrons. The molecule has 0 spiro atoms. The van der Waals surface area contributed by atoms with E-state index in [4.69, 9.17) is 16.6 Å². The minimum atomic E-state index is -1.45. The number of carboxylic acid groups (broad SMARTS) is 1. The lowest BCUT2D eigenvalue weighted by molar-refractivity contribution is -0.145. The first-order valence-electron chi connectivity index (χ1n) is 5.75. The Kier molecular flexibility index (Phi) is 6.70. The number of hydrogen-bond acceptors (Lipinski definition) is 5. The highest BCUT2D eigenvalue weighted by atomic mass is 16.4. The van der Waals surface area contributed by atoms with Crippen molar-refractivity contribution in [1.82, 2.24) is 5.32 Å². The maximum absolute atomic E-state index is 11.9. The van der Waals surface area contributed by atoms with E-state index in [1.165, 1.54) is 0 Å². The highest BCUT2D eigenvalue weighted by Crippen LogP contribution is 2.12. The molecule has 0 aromatic heterocycles. The maximum atomic E-state index is 11.9. The smallest absolute Gasteiger partial charge is 0.326 e. The number of Topliss-reactive ketones (excluding diaryl/α,β-unsaturated/α-hetero) is 1. The Hall–Kier alpha value is -1.96. The van der Waals surface area contributed by atoms with Crippen molar-refractivity contribution in [3.8, 4) is 0 Å². The summed E-state index contributed by atoms with van der Waals surface area (Å²) in [6.07, 6.45) is -0.539. The normalized spacial score (nSPS) is 13.7. The predicted molar refractivity (Wildman–Crippen MR) is 65.8 cm³/mol. The molecule has 0 saturated carbocycles. The Labute approximate surface area is 110 Å². The second-order valence-corrected chi connectivity index (χ2v) is 4.46. The topological polar surface area (TPSA) is 153 Å². The highest BCUT2D eigenvalue weighted by Gasteiger charge is 2.32. The number of hydrogen-bond donors (Lipinski definition) is 4. The van der Waals surface area contributed by atoms with Crippen molar-refractivity contribution in [1.29, 1.82) is 0 Å². The van der Waals surface area contributed by atoms with Crippen LogP contribution in [0.3, 0.4) is 0 Å². The average Bonchev–Trinajstić information content (AvgIpc) is 2.26. The van der Waals surface area contributed by atoms with Crippen LogP contribution in [0.25, 0.3) is 0 Å². The maximum Gasteiger partial charge on any atom is 0.326 e. The fourth-order valence-electron chi connectivity index (χ4n) is 1.61. The van der Waals surface area contributed by atoms with Gasteiger partial charge in [-0.15, -0.1) is 0 Å². The van der Waals surface area contributed by atoms with E-state index in [1.807, 2.05) is 0 Å². The van der Waals surface area contributed by atoms with Crippen LogP contribution in [0.1, 0.15) is 20.3 Å². The standard InChI is InChI=1S/C11H19N3O5/c1-5(2)9(7(15)4-12)10(17)14-6(11(18)19)3-8(13)16/h5-6,9H,3-4,12H2,1-2H3,(H2,13,16)(H,14,17)(H,18,19)/t6-,9?/m0/s1. The zero-order valence-corrected chi connectivity index (χ0v) is 10.9. The minimum Gasteiger partial charge on any atom is -0.480 e. The summed E-state index contributed by atoms with van der Waals surface area (Å²) < 4.78 is 0. The van der Waals surface area contributed by atoms with Crippen LogP contribution in [-0.2, 0) is 19.2 Å². The molecular weight excluding hydrogens is 254 g/mol. The number of nitrogens with two attached hydrogens (primary N) is 2. The zero-order chi connectivity index (χ0) is 15.2. The molecule has 0 rings (SSSR count). The second kappa shape index (κ2) is 7.47. The molecule has 0 aliphatic rings. The lowest BCUT2D eigenvalue weighted by atomic mass is 9.90. The van der Waals surface area contributed by atoms with Gasteiger partial charge in [-0.3, -0.25) is 14.4 Å². The molecule has 0 fully saturated rings. The Morgan fingerprint density at radius 3 is 2.05 bits per heavy atom. The van der Waals surface area contributed by atoms with Crippen LogP contribution in [0, 0.1) is 11.8 Å². The summed E-state index contributed by atoms with van der Waals surface area (Å²) in [7, 11) is 0. The SMILES string of the molecule is CC(C)C(C(=O)CN)C(=O)N[C@@H](CC(N)=O)C(=O)O. The second-order valence-electron chi connectivity index (χ2n) is 4.46. The number of aliphatic carboxylic acids is 1. The van der Waals surface area contributed by atoms with Crippen molar-refractivity contribution in [3.05, 3.63) is 0 Å². The van der Waals surface area contributed by atoms with Gasteiger partial charge in [0, 0.05) is 0 Å². The van der Waals surface area contributed by atoms with Gasteiger partial charge in [0.1, 0.15) is 12.0 Å². The number of rotatable bonds is 8. The Morgan fingerprint density at radius 1 is 1.21 bits per heavy atom. The van der Waals surface area contributed by atoms with Gasteiger partial charge in [-0.05, 0) is 5.92 Å². The first-order chi connectivity index (χ1) is 8.70. The Bertz CT molecular complexity index is 381. The summed E-state index contributed by atoms with van der Waals surface area (Å²) in [5.41, 5.74) is 10.1. The van der Waals surface area contributed by atoms with Gasteiger partial charge in [0.05, 0.1) is 13.0 Å². The molecule has 0 saturated heterocycles. The molecule has 8 heteroatoms. The van der Waals surface area contributed by atoms with Gasteiger partial charge in [-0.25, -0.2) is 4.79 Å². The third-order valence-electron chi connectivity index (χ3n) is 2.52. The van der Waals surface area contributed by atoms with Crippen molar-refractivity contribution in [3.63, 3.8) is 0 Å². The Balaban J connectivity index is 4.91. The van der Waals surface area contributed by atoms with E-state index in [0.717, 1.165) is 0 Å². The fraction of sp³-hybridized carbons (Fsp3) is 0.636. The number of nitrogens with one attached hydrogen (secondary N) is 1. The van der Waals surface area contributed by atoms with Crippen LogP contribution < -0.4 is 16.8 Å². The van der Waals surface area contributed by atoms with Gasteiger partial charge in [-0.2, -0.15) is 0 Å². The molecule has 2 atom stereocenters. The van der Waals surface area contributed by atoms with E-state index in [1.54, 1.807) is 13.8 Å².